The molecule has 4 N–H and O–H groups in total. The fourth-order valence-corrected chi connectivity index (χ4v) is 6.07. The summed E-state index contributed by atoms with van der Waals surface area (Å²) in [6.45, 7) is 1.97. The van der Waals surface area contributed by atoms with E-state index in [1.165, 1.54) is 0 Å². The molecule has 0 bridgehead atoms. The number of benzene rings is 6. The first-order valence-electron chi connectivity index (χ1n) is 15.6. The van der Waals surface area contributed by atoms with E-state index in [0.29, 0.717) is 6.42 Å². The van der Waals surface area contributed by atoms with Crippen LogP contribution in [0.4, 0.5) is 0 Å². The zero-order valence-electron chi connectivity index (χ0n) is 26.8. The fourth-order valence-electron chi connectivity index (χ4n) is 6.07. The highest BCUT2D eigenvalue weighted by atomic mass is 16.4. The third-order valence-corrected chi connectivity index (χ3v) is 8.73. The third kappa shape index (κ3) is 6.90. The van der Waals surface area contributed by atoms with Gasteiger partial charge < -0.3 is 20.4 Å². The summed E-state index contributed by atoms with van der Waals surface area (Å²) in [5.74, 6) is -4.09. The highest BCUT2D eigenvalue weighted by molar-refractivity contribution is 5.91. The highest BCUT2D eigenvalue weighted by Crippen LogP contribution is 2.37. The predicted molar refractivity (Wildman–Crippen MR) is 190 cm³/mol. The Morgan fingerprint density at radius 1 is 0.380 bits per heavy atom. The molecule has 6 aromatic carbocycles. The van der Waals surface area contributed by atoms with Crippen molar-refractivity contribution in [3.63, 3.8) is 0 Å². The van der Waals surface area contributed by atoms with Crippen LogP contribution in [-0.4, -0.2) is 44.3 Å². The minimum absolute atomic E-state index is 0.162. The molecule has 0 fully saturated rings. The predicted octanol–water partition coefficient (Wildman–Crippen LogP) is 9.05. The average molecular weight is 663 g/mol. The molecule has 6 aromatic rings. The Morgan fingerprint density at radius 3 is 1.14 bits per heavy atom. The van der Waals surface area contributed by atoms with Crippen molar-refractivity contribution in [1.29, 1.82) is 0 Å². The van der Waals surface area contributed by atoms with Crippen molar-refractivity contribution in [3.05, 3.63) is 166 Å². The van der Waals surface area contributed by atoms with Gasteiger partial charge in [0.05, 0.1) is 22.3 Å². The summed E-state index contributed by atoms with van der Waals surface area (Å²) in [6, 6.07) is 36.6. The molecule has 0 radical (unpaired) electrons. The largest absolute Gasteiger partial charge is 0.478 e. The molecular formula is C42H30O8. The zero-order chi connectivity index (χ0) is 35.5. The second kappa shape index (κ2) is 13.7. The van der Waals surface area contributed by atoms with Crippen LogP contribution in [0, 0.1) is 6.92 Å². The van der Waals surface area contributed by atoms with E-state index < -0.39 is 23.9 Å². The number of hydrogen-bond donors (Lipinski definition) is 4. The van der Waals surface area contributed by atoms with Gasteiger partial charge in [-0.2, -0.15) is 0 Å². The topological polar surface area (TPSA) is 149 Å². The summed E-state index contributed by atoms with van der Waals surface area (Å²) >= 11 is 0. The Bertz CT molecular complexity index is 2270. The maximum atomic E-state index is 11.6. The number of aryl methyl sites for hydroxylation is 1. The average Bonchev–Trinajstić information content (AvgIpc) is 3.12. The van der Waals surface area contributed by atoms with E-state index in [0.717, 1.165) is 61.2 Å². The van der Waals surface area contributed by atoms with Crippen LogP contribution in [0.2, 0.25) is 0 Å². The van der Waals surface area contributed by atoms with E-state index in [-0.39, 0.29) is 22.3 Å². The van der Waals surface area contributed by atoms with Crippen molar-refractivity contribution in [2.75, 3.05) is 0 Å². The summed E-state index contributed by atoms with van der Waals surface area (Å²) in [7, 11) is 0. The van der Waals surface area contributed by atoms with Crippen LogP contribution in [0.15, 0.2) is 127 Å². The number of hydrogen-bond acceptors (Lipinski definition) is 4. The minimum atomic E-state index is -1.03. The van der Waals surface area contributed by atoms with E-state index in [2.05, 4.69) is 6.07 Å². The lowest BCUT2D eigenvalue weighted by molar-refractivity contribution is 0.0686. The van der Waals surface area contributed by atoms with E-state index >= 15 is 0 Å². The molecule has 0 spiro atoms. The molecule has 0 unspecified atom stereocenters. The van der Waals surface area contributed by atoms with Crippen LogP contribution in [0.1, 0.15) is 58.1 Å². The molecule has 0 saturated carbocycles. The number of rotatable bonds is 10. The number of carboxylic acid groups (broad SMARTS) is 4. The monoisotopic (exact) mass is 662 g/mol. The van der Waals surface area contributed by atoms with Crippen LogP contribution in [0.25, 0.3) is 44.5 Å². The Hall–Kier alpha value is -6.80. The zero-order valence-corrected chi connectivity index (χ0v) is 26.8. The van der Waals surface area contributed by atoms with Crippen LogP contribution < -0.4 is 0 Å². The number of carbonyl (C=O) groups is 4. The van der Waals surface area contributed by atoms with E-state index in [9.17, 15) is 39.6 Å². The molecule has 0 atom stereocenters. The van der Waals surface area contributed by atoms with Gasteiger partial charge >= 0.3 is 23.9 Å². The lowest BCUT2D eigenvalue weighted by atomic mass is 9.85. The van der Waals surface area contributed by atoms with E-state index in [1.54, 1.807) is 97.1 Å². The second-order valence-electron chi connectivity index (χ2n) is 11.9. The maximum absolute atomic E-state index is 11.6. The van der Waals surface area contributed by atoms with Crippen molar-refractivity contribution in [2.45, 2.75) is 13.3 Å². The number of aromatic carboxylic acids is 4. The lowest BCUT2D eigenvalue weighted by Crippen LogP contribution is -2.01. The van der Waals surface area contributed by atoms with Gasteiger partial charge in [0.25, 0.3) is 0 Å². The van der Waals surface area contributed by atoms with Gasteiger partial charge in [-0.1, -0.05) is 72.8 Å². The van der Waals surface area contributed by atoms with Crippen molar-refractivity contribution >= 4 is 23.9 Å². The quantitative estimate of drug-likeness (QED) is 0.114. The van der Waals surface area contributed by atoms with Gasteiger partial charge in [-0.15, -0.1) is 0 Å². The molecule has 50 heavy (non-hydrogen) atoms. The van der Waals surface area contributed by atoms with Crippen LogP contribution in [-0.2, 0) is 6.42 Å². The summed E-state index contributed by atoms with van der Waals surface area (Å²) < 4.78 is 0. The van der Waals surface area contributed by atoms with Crippen LogP contribution in [0.5, 0.6) is 0 Å². The molecule has 246 valence electrons. The first-order valence-corrected chi connectivity index (χ1v) is 15.6. The molecule has 8 heteroatoms. The lowest BCUT2D eigenvalue weighted by Gasteiger charge is -2.19. The Kier molecular flexibility index (Phi) is 9.10. The van der Waals surface area contributed by atoms with Crippen molar-refractivity contribution in [2.24, 2.45) is 0 Å². The molecule has 0 aliphatic heterocycles. The first kappa shape index (κ1) is 33.1. The normalized spacial score (nSPS) is 10.8. The van der Waals surface area contributed by atoms with Gasteiger partial charge in [0, 0.05) is 0 Å². The van der Waals surface area contributed by atoms with Crippen LogP contribution >= 0.6 is 0 Å². The molecule has 8 nitrogen and oxygen atoms in total. The highest BCUT2D eigenvalue weighted by Gasteiger charge is 2.17. The molecule has 6 rings (SSSR count). The van der Waals surface area contributed by atoms with Gasteiger partial charge in [0.1, 0.15) is 0 Å². The van der Waals surface area contributed by atoms with Gasteiger partial charge in [-0.05, 0) is 129 Å². The van der Waals surface area contributed by atoms with E-state index in [1.807, 2.05) is 31.2 Å². The Balaban J connectivity index is 1.53. The smallest absolute Gasteiger partial charge is 0.335 e. The van der Waals surface area contributed by atoms with Gasteiger partial charge in [-0.3, -0.25) is 0 Å². The molecule has 0 amide bonds. The van der Waals surface area contributed by atoms with Gasteiger partial charge in [0.2, 0.25) is 0 Å². The van der Waals surface area contributed by atoms with Gasteiger partial charge in [0.15, 0.2) is 0 Å². The third-order valence-electron chi connectivity index (χ3n) is 8.73. The summed E-state index contributed by atoms with van der Waals surface area (Å²) in [6.07, 6.45) is 0.410. The maximum Gasteiger partial charge on any atom is 0.335 e. The molecule has 0 aromatic heterocycles. The Morgan fingerprint density at radius 2 is 0.720 bits per heavy atom. The van der Waals surface area contributed by atoms with Crippen molar-refractivity contribution in [3.8, 4) is 44.5 Å². The molecular weight excluding hydrogens is 632 g/mol. The minimum Gasteiger partial charge on any atom is -0.478 e. The summed E-state index contributed by atoms with van der Waals surface area (Å²) in [4.78, 5) is 46.2. The standard InChI is InChI=1S/C42H30O8/c1-24-20-38(28-8-16-32(17-9-28)42(49)50)35(23-37(24)27-6-14-31(15-7-27)41(47)48)22-34-21-33(25-2-10-29(11-3-25)39(43)44)18-19-36(34)26-4-12-30(13-5-26)40(45)46/h2-21,23H,22H2,1H3,(H,43,44)(H,45,46)(H,47,48)(H,49,50). The fraction of sp³-hybridized carbons (Fsp3) is 0.0476. The molecule has 0 saturated heterocycles. The second-order valence-corrected chi connectivity index (χ2v) is 11.9. The Labute approximate surface area is 287 Å². The summed E-state index contributed by atoms with van der Waals surface area (Å²) in [5.41, 5.74) is 10.2. The van der Waals surface area contributed by atoms with Crippen LogP contribution in [0.3, 0.4) is 0 Å². The van der Waals surface area contributed by atoms with Gasteiger partial charge in [-0.25, -0.2) is 19.2 Å². The first-order chi connectivity index (χ1) is 24.0. The molecule has 0 aliphatic rings. The van der Waals surface area contributed by atoms with Crippen molar-refractivity contribution < 1.29 is 39.6 Å². The van der Waals surface area contributed by atoms with Crippen molar-refractivity contribution in [1.82, 2.24) is 0 Å². The number of carboxylic acids is 4. The SMILES string of the molecule is Cc1cc(-c2ccc(C(=O)O)cc2)c(Cc2cc(-c3ccc(C(=O)O)cc3)ccc2-c2ccc(C(=O)O)cc2)cc1-c1ccc(C(=O)O)cc1. The molecule has 0 aliphatic carbocycles. The summed E-state index contributed by atoms with van der Waals surface area (Å²) in [5, 5.41) is 37.8. The molecule has 0 heterocycles. The van der Waals surface area contributed by atoms with E-state index in [4.69, 9.17) is 0 Å².